The van der Waals surface area contributed by atoms with E-state index in [-0.39, 0.29) is 0 Å². The summed E-state index contributed by atoms with van der Waals surface area (Å²) in [5.41, 5.74) is 14.6. The van der Waals surface area contributed by atoms with Gasteiger partial charge in [-0.2, -0.15) is 0 Å². The molecule has 0 saturated heterocycles. The van der Waals surface area contributed by atoms with Crippen LogP contribution in [0.2, 0.25) is 0 Å². The summed E-state index contributed by atoms with van der Waals surface area (Å²) in [5.74, 6) is 0. The van der Waals surface area contributed by atoms with E-state index in [0.29, 0.717) is 0 Å². The van der Waals surface area contributed by atoms with Gasteiger partial charge in [0.1, 0.15) is 22.3 Å². The van der Waals surface area contributed by atoms with E-state index in [4.69, 9.17) is 8.83 Å². The van der Waals surface area contributed by atoms with E-state index in [1.165, 1.54) is 38.2 Å². The molecule has 10 aromatic carbocycles. The molecule has 13 aromatic rings. The number of para-hydroxylation sites is 3. The first-order valence-electron chi connectivity index (χ1n) is 21.1. The molecule has 0 aliphatic carbocycles. The second-order valence-corrected chi connectivity index (χ2v) is 16.0. The lowest BCUT2D eigenvalue weighted by Crippen LogP contribution is -2.09. The van der Waals surface area contributed by atoms with E-state index in [2.05, 4.69) is 210 Å². The summed E-state index contributed by atoms with van der Waals surface area (Å²) < 4.78 is 15.5. The molecule has 290 valence electrons. The first-order chi connectivity index (χ1) is 30.7. The number of benzene rings is 10. The number of hydrogen-bond acceptors (Lipinski definition) is 3. The van der Waals surface area contributed by atoms with Gasteiger partial charge in [-0.15, -0.1) is 0 Å². The fourth-order valence-corrected chi connectivity index (χ4v) is 9.83. The van der Waals surface area contributed by atoms with Crippen LogP contribution in [-0.4, -0.2) is 4.57 Å². The Balaban J connectivity index is 1.06. The van der Waals surface area contributed by atoms with Crippen molar-refractivity contribution in [1.29, 1.82) is 0 Å². The molecule has 0 aliphatic rings. The molecule has 3 aromatic heterocycles. The molecule has 4 heteroatoms. The number of fused-ring (bicyclic) bond motifs is 10. The Kier molecular flexibility index (Phi) is 7.57. The van der Waals surface area contributed by atoms with Crippen molar-refractivity contribution in [1.82, 2.24) is 4.57 Å². The first-order valence-corrected chi connectivity index (χ1v) is 21.1. The molecular formula is C58H36N2O2. The van der Waals surface area contributed by atoms with Crippen LogP contribution >= 0.6 is 0 Å². The second-order valence-electron chi connectivity index (χ2n) is 16.0. The molecule has 0 unspecified atom stereocenters. The lowest BCUT2D eigenvalue weighted by Gasteiger charge is -2.25. The molecule has 0 amide bonds. The summed E-state index contributed by atoms with van der Waals surface area (Å²) in [7, 11) is 0. The fraction of sp³-hybridized carbons (Fsp3) is 0. The van der Waals surface area contributed by atoms with E-state index >= 15 is 0 Å². The molecule has 0 spiro atoms. The number of rotatable bonds is 6. The highest BCUT2D eigenvalue weighted by molar-refractivity contribution is 6.27. The lowest BCUT2D eigenvalue weighted by atomic mass is 9.93. The molecule has 0 fully saturated rings. The molecule has 0 N–H and O–H groups in total. The molecule has 0 bridgehead atoms. The minimum Gasteiger partial charge on any atom is -0.456 e. The van der Waals surface area contributed by atoms with Crippen LogP contribution in [0, 0.1) is 0 Å². The molecule has 0 aliphatic heterocycles. The summed E-state index contributed by atoms with van der Waals surface area (Å²) >= 11 is 0. The van der Waals surface area contributed by atoms with Gasteiger partial charge in [-0.25, -0.2) is 0 Å². The van der Waals surface area contributed by atoms with Gasteiger partial charge < -0.3 is 18.3 Å². The van der Waals surface area contributed by atoms with E-state index in [0.717, 1.165) is 83.2 Å². The van der Waals surface area contributed by atoms with Crippen molar-refractivity contribution in [2.75, 3.05) is 4.90 Å². The average molecular weight is 793 g/mol. The smallest absolute Gasteiger partial charge is 0.138 e. The van der Waals surface area contributed by atoms with Crippen LogP contribution in [0.25, 0.3) is 104 Å². The summed E-state index contributed by atoms with van der Waals surface area (Å²) in [6.45, 7) is 0. The maximum absolute atomic E-state index is 6.72. The fourth-order valence-electron chi connectivity index (χ4n) is 9.83. The van der Waals surface area contributed by atoms with Crippen LogP contribution in [0.4, 0.5) is 17.1 Å². The average Bonchev–Trinajstić information content (AvgIpc) is 4.00. The Hall–Kier alpha value is -8.34. The topological polar surface area (TPSA) is 34.5 Å². The summed E-state index contributed by atoms with van der Waals surface area (Å²) in [4.78, 5) is 2.30. The van der Waals surface area contributed by atoms with Gasteiger partial charge in [0.05, 0.1) is 11.0 Å². The van der Waals surface area contributed by atoms with Crippen LogP contribution in [-0.2, 0) is 0 Å². The third-order valence-corrected chi connectivity index (χ3v) is 12.6. The SMILES string of the molecule is c1ccc(-c2c3c(cc4c2c2ccc(-c5cccc6ccccc56)cc2n4-c2ccc(N(c4ccccc4)c4ccc5c(c4)oc4ccccc45)cc2)oc2ccccc23)cc1. The second kappa shape index (κ2) is 13.6. The zero-order chi connectivity index (χ0) is 40.7. The van der Waals surface area contributed by atoms with E-state index in [1.807, 2.05) is 18.2 Å². The van der Waals surface area contributed by atoms with Crippen LogP contribution in [0.15, 0.2) is 227 Å². The van der Waals surface area contributed by atoms with Gasteiger partial charge in [0.15, 0.2) is 0 Å². The Bertz CT molecular complexity index is 3850. The molecule has 13 rings (SSSR count). The van der Waals surface area contributed by atoms with Crippen molar-refractivity contribution in [2.24, 2.45) is 0 Å². The zero-order valence-electron chi connectivity index (χ0n) is 33.5. The lowest BCUT2D eigenvalue weighted by molar-refractivity contribution is 0.668. The van der Waals surface area contributed by atoms with Gasteiger partial charge in [-0.1, -0.05) is 140 Å². The Morgan fingerprint density at radius 3 is 1.77 bits per heavy atom. The molecule has 0 atom stereocenters. The van der Waals surface area contributed by atoms with Crippen molar-refractivity contribution >= 4 is 93.5 Å². The van der Waals surface area contributed by atoms with Crippen molar-refractivity contribution in [3.8, 4) is 27.9 Å². The molecule has 3 heterocycles. The quantitative estimate of drug-likeness (QED) is 0.168. The third-order valence-electron chi connectivity index (χ3n) is 12.6. The van der Waals surface area contributed by atoms with Gasteiger partial charge in [0, 0.05) is 72.8 Å². The monoisotopic (exact) mass is 792 g/mol. The van der Waals surface area contributed by atoms with Gasteiger partial charge >= 0.3 is 0 Å². The zero-order valence-corrected chi connectivity index (χ0v) is 33.5. The number of aromatic nitrogens is 1. The standard InChI is InChI=1S/C58H36N2O2/c1-3-15-38(16-4-1)56-57-48-32-26-39(45-23-13-17-37-14-7-8-20-44(37)45)34-50(48)60(51(57)36-55-58(56)49-22-10-12-25-53(49)62-55)42-29-27-41(28-30-42)59(40-18-5-2-6-19-40)43-31-33-47-46-21-9-11-24-52(46)61-54(47)35-43/h1-36H. The largest absolute Gasteiger partial charge is 0.456 e. The predicted octanol–water partition coefficient (Wildman–Crippen LogP) is 16.5. The van der Waals surface area contributed by atoms with Crippen LogP contribution in [0.5, 0.6) is 0 Å². The number of anilines is 3. The van der Waals surface area contributed by atoms with E-state index in [9.17, 15) is 0 Å². The minimum absolute atomic E-state index is 0.861. The maximum Gasteiger partial charge on any atom is 0.138 e. The minimum atomic E-state index is 0.861. The summed E-state index contributed by atoms with van der Waals surface area (Å²) in [5, 5.41) is 9.31. The first kappa shape index (κ1) is 34.5. The Labute approximate surface area is 356 Å². The predicted molar refractivity (Wildman–Crippen MR) is 258 cm³/mol. The molecule has 62 heavy (non-hydrogen) atoms. The highest BCUT2D eigenvalue weighted by atomic mass is 16.3. The molecule has 0 radical (unpaired) electrons. The number of nitrogens with zero attached hydrogens (tertiary/aromatic N) is 2. The summed E-state index contributed by atoms with van der Waals surface area (Å²) in [6, 6.07) is 77.9. The van der Waals surface area contributed by atoms with Gasteiger partial charge in [0.2, 0.25) is 0 Å². The van der Waals surface area contributed by atoms with Crippen molar-refractivity contribution < 1.29 is 8.83 Å². The highest BCUT2D eigenvalue weighted by Crippen LogP contribution is 2.47. The number of hydrogen-bond donors (Lipinski definition) is 0. The van der Waals surface area contributed by atoms with Crippen molar-refractivity contribution in [3.05, 3.63) is 218 Å². The van der Waals surface area contributed by atoms with E-state index in [1.54, 1.807) is 0 Å². The molecule has 4 nitrogen and oxygen atoms in total. The van der Waals surface area contributed by atoms with Crippen LogP contribution in [0.3, 0.4) is 0 Å². The Morgan fingerprint density at radius 2 is 0.952 bits per heavy atom. The van der Waals surface area contributed by atoms with Gasteiger partial charge in [0.25, 0.3) is 0 Å². The summed E-state index contributed by atoms with van der Waals surface area (Å²) in [6.07, 6.45) is 0. The normalized spacial score (nSPS) is 11.9. The number of furan rings is 2. The molecular weight excluding hydrogens is 757 g/mol. The third kappa shape index (κ3) is 5.27. The highest BCUT2D eigenvalue weighted by Gasteiger charge is 2.24. The van der Waals surface area contributed by atoms with Gasteiger partial charge in [-0.3, -0.25) is 0 Å². The maximum atomic E-state index is 6.72. The van der Waals surface area contributed by atoms with Gasteiger partial charge in [-0.05, 0) is 94.2 Å². The van der Waals surface area contributed by atoms with Crippen LogP contribution < -0.4 is 4.90 Å². The van der Waals surface area contributed by atoms with Crippen LogP contribution in [0.1, 0.15) is 0 Å². The van der Waals surface area contributed by atoms with Crippen molar-refractivity contribution in [3.63, 3.8) is 0 Å². The van der Waals surface area contributed by atoms with Crippen molar-refractivity contribution in [2.45, 2.75) is 0 Å². The molecule has 0 saturated carbocycles. The Morgan fingerprint density at radius 1 is 0.339 bits per heavy atom. The van der Waals surface area contributed by atoms with E-state index < -0.39 is 0 Å².